The van der Waals surface area contributed by atoms with Crippen molar-refractivity contribution in [3.8, 4) is 0 Å². The zero-order valence-electron chi connectivity index (χ0n) is 16.4. The number of carbonyl (C=O) groups excluding carboxylic acids is 1. The van der Waals surface area contributed by atoms with Crippen molar-refractivity contribution in [2.24, 2.45) is 10.9 Å². The van der Waals surface area contributed by atoms with E-state index in [1.165, 1.54) is 22.9 Å². The van der Waals surface area contributed by atoms with Crippen molar-refractivity contribution < 1.29 is 13.2 Å². The number of nitrogens with zero attached hydrogens (tertiary/aromatic N) is 2. The molecule has 2 aliphatic heterocycles. The summed E-state index contributed by atoms with van der Waals surface area (Å²) in [7, 11) is -3.06. The fourth-order valence-electron chi connectivity index (χ4n) is 3.85. The van der Waals surface area contributed by atoms with Gasteiger partial charge in [0.1, 0.15) is 0 Å². The molecular formula is C20H28N2O3S2. The molecule has 2 unspecified atom stereocenters. The number of carbonyl (C=O) groups is 1. The second kappa shape index (κ2) is 7.95. The summed E-state index contributed by atoms with van der Waals surface area (Å²) >= 11 is 1.46. The Morgan fingerprint density at radius 1 is 1.22 bits per heavy atom. The lowest BCUT2D eigenvalue weighted by atomic mass is 10.0. The molecule has 3 rings (SSSR count). The highest BCUT2D eigenvalue weighted by Gasteiger charge is 2.50. The first-order valence-electron chi connectivity index (χ1n) is 9.64. The number of benzene rings is 1. The van der Waals surface area contributed by atoms with Crippen LogP contribution in [-0.4, -0.2) is 42.3 Å². The van der Waals surface area contributed by atoms with Crippen LogP contribution in [0.15, 0.2) is 23.2 Å². The highest BCUT2D eigenvalue weighted by molar-refractivity contribution is 8.16. The van der Waals surface area contributed by atoms with Gasteiger partial charge in [-0.1, -0.05) is 57.7 Å². The number of aliphatic imine (C=N–C) groups is 1. The predicted octanol–water partition coefficient (Wildman–Crippen LogP) is 3.46. The molecule has 2 fully saturated rings. The van der Waals surface area contributed by atoms with E-state index in [4.69, 9.17) is 0 Å². The summed E-state index contributed by atoms with van der Waals surface area (Å²) < 4.78 is 24.5. The molecule has 0 aliphatic carbocycles. The van der Waals surface area contributed by atoms with Gasteiger partial charge in [-0.25, -0.2) is 8.42 Å². The number of amides is 1. The zero-order chi connectivity index (χ0) is 19.8. The summed E-state index contributed by atoms with van der Waals surface area (Å²) in [4.78, 5) is 18.9. The van der Waals surface area contributed by atoms with Gasteiger partial charge >= 0.3 is 0 Å². The van der Waals surface area contributed by atoms with Crippen molar-refractivity contribution in [2.75, 3.05) is 16.4 Å². The summed E-state index contributed by atoms with van der Waals surface area (Å²) in [6, 6.07) is 6.07. The SMILES string of the molecule is CCc1cccc(CC)c1N1C(=NC(=O)CC(C)C)SC2CS(=O)(=O)CC21. The molecule has 2 atom stereocenters. The number of thioether (sulfide) groups is 1. The maximum atomic E-state index is 12.4. The molecule has 5 nitrogen and oxygen atoms in total. The van der Waals surface area contributed by atoms with E-state index in [-0.39, 0.29) is 34.6 Å². The molecule has 2 aliphatic rings. The van der Waals surface area contributed by atoms with Gasteiger partial charge in [0.15, 0.2) is 15.0 Å². The van der Waals surface area contributed by atoms with Crippen LogP contribution in [0.25, 0.3) is 0 Å². The van der Waals surface area contributed by atoms with E-state index in [0.29, 0.717) is 11.6 Å². The standard InChI is InChI=1S/C20H28N2O3S2/c1-5-14-8-7-9-15(6-2)19(14)22-16-11-27(24,25)12-17(16)26-20(22)21-18(23)10-13(3)4/h7-9,13,16-17H,5-6,10-12H2,1-4H3. The predicted molar refractivity (Wildman–Crippen MR) is 113 cm³/mol. The number of hydrogen-bond acceptors (Lipinski definition) is 4. The third kappa shape index (κ3) is 4.24. The molecule has 0 radical (unpaired) electrons. The van der Waals surface area contributed by atoms with Gasteiger partial charge in [-0.05, 0) is 29.9 Å². The molecule has 1 aromatic carbocycles. The van der Waals surface area contributed by atoms with Gasteiger partial charge in [-0.2, -0.15) is 4.99 Å². The Morgan fingerprint density at radius 2 is 1.85 bits per heavy atom. The van der Waals surface area contributed by atoms with Crippen molar-refractivity contribution in [3.05, 3.63) is 29.3 Å². The number of amidine groups is 1. The second-order valence-electron chi connectivity index (χ2n) is 7.69. The van der Waals surface area contributed by atoms with Gasteiger partial charge in [0.05, 0.1) is 17.5 Å². The topological polar surface area (TPSA) is 66.8 Å². The van der Waals surface area contributed by atoms with Crippen molar-refractivity contribution in [1.82, 2.24) is 0 Å². The Kier molecular flexibility index (Phi) is 6.01. The van der Waals surface area contributed by atoms with Gasteiger partial charge < -0.3 is 4.90 Å². The Balaban J connectivity index is 2.09. The molecule has 0 aromatic heterocycles. The van der Waals surface area contributed by atoms with Gasteiger partial charge in [0, 0.05) is 17.4 Å². The zero-order valence-corrected chi connectivity index (χ0v) is 18.1. The van der Waals surface area contributed by atoms with Crippen molar-refractivity contribution in [2.45, 2.75) is 58.2 Å². The van der Waals surface area contributed by atoms with Crippen LogP contribution in [-0.2, 0) is 27.5 Å². The first-order chi connectivity index (χ1) is 12.8. The summed E-state index contributed by atoms with van der Waals surface area (Å²) in [5.74, 6) is 0.401. The van der Waals surface area contributed by atoms with Crippen LogP contribution in [0.3, 0.4) is 0 Å². The highest BCUT2D eigenvalue weighted by atomic mass is 32.2. The number of aryl methyl sites for hydroxylation is 2. The number of fused-ring (bicyclic) bond motifs is 1. The molecule has 0 spiro atoms. The van der Waals surface area contributed by atoms with Crippen LogP contribution in [0.1, 0.15) is 45.2 Å². The molecule has 0 bridgehead atoms. The van der Waals surface area contributed by atoms with Gasteiger partial charge in [-0.3, -0.25) is 4.79 Å². The third-order valence-corrected chi connectivity index (χ3v) is 8.29. The molecule has 2 heterocycles. The van der Waals surface area contributed by atoms with Crippen LogP contribution >= 0.6 is 11.8 Å². The van der Waals surface area contributed by atoms with Crippen molar-refractivity contribution in [1.29, 1.82) is 0 Å². The molecular weight excluding hydrogens is 380 g/mol. The molecule has 7 heteroatoms. The van der Waals surface area contributed by atoms with E-state index >= 15 is 0 Å². The second-order valence-corrected chi connectivity index (χ2v) is 11.0. The number of rotatable bonds is 5. The Bertz CT molecular complexity index is 840. The summed E-state index contributed by atoms with van der Waals surface area (Å²) in [5, 5.41) is 0.608. The molecule has 0 saturated carbocycles. The van der Waals surface area contributed by atoms with Crippen LogP contribution in [0.2, 0.25) is 0 Å². The maximum absolute atomic E-state index is 12.4. The minimum absolute atomic E-state index is 0.0600. The fraction of sp³-hybridized carbons (Fsp3) is 0.600. The Morgan fingerprint density at radius 3 is 2.41 bits per heavy atom. The van der Waals surface area contributed by atoms with E-state index < -0.39 is 9.84 Å². The van der Waals surface area contributed by atoms with Gasteiger partial charge in [0.25, 0.3) is 0 Å². The first-order valence-corrected chi connectivity index (χ1v) is 12.3. The number of sulfone groups is 1. The first kappa shape index (κ1) is 20.4. The summed E-state index contributed by atoms with van der Waals surface area (Å²) in [6.45, 7) is 8.21. The van der Waals surface area contributed by atoms with Crippen molar-refractivity contribution >= 4 is 38.4 Å². The van der Waals surface area contributed by atoms with E-state index in [0.717, 1.165) is 18.5 Å². The van der Waals surface area contributed by atoms with Crippen LogP contribution in [0, 0.1) is 5.92 Å². The van der Waals surface area contributed by atoms with E-state index in [2.05, 4.69) is 35.9 Å². The van der Waals surface area contributed by atoms with Gasteiger partial charge in [-0.15, -0.1) is 0 Å². The number of para-hydroxylation sites is 1. The quantitative estimate of drug-likeness (QED) is 0.746. The molecule has 0 N–H and O–H groups in total. The molecule has 1 amide bonds. The smallest absolute Gasteiger partial charge is 0.248 e. The van der Waals surface area contributed by atoms with E-state index in [1.54, 1.807) is 0 Å². The van der Waals surface area contributed by atoms with E-state index in [1.807, 2.05) is 19.9 Å². The lowest BCUT2D eigenvalue weighted by Crippen LogP contribution is -2.39. The minimum Gasteiger partial charge on any atom is -0.315 e. The molecule has 2 saturated heterocycles. The summed E-state index contributed by atoms with van der Waals surface area (Å²) in [5.41, 5.74) is 3.39. The molecule has 1 aromatic rings. The number of anilines is 1. The van der Waals surface area contributed by atoms with Crippen LogP contribution < -0.4 is 4.90 Å². The lowest BCUT2D eigenvalue weighted by Gasteiger charge is -2.29. The fourth-order valence-corrected chi connectivity index (χ4v) is 7.77. The number of hydrogen-bond donors (Lipinski definition) is 0. The minimum atomic E-state index is -3.06. The monoisotopic (exact) mass is 408 g/mol. The van der Waals surface area contributed by atoms with Crippen molar-refractivity contribution in [3.63, 3.8) is 0 Å². The Hall–Kier alpha value is -1.34. The largest absolute Gasteiger partial charge is 0.315 e. The third-order valence-electron chi connectivity index (χ3n) is 5.08. The maximum Gasteiger partial charge on any atom is 0.248 e. The van der Waals surface area contributed by atoms with E-state index in [9.17, 15) is 13.2 Å². The summed E-state index contributed by atoms with van der Waals surface area (Å²) in [6.07, 6.45) is 2.10. The normalized spacial score (nSPS) is 25.4. The molecule has 27 heavy (non-hydrogen) atoms. The van der Waals surface area contributed by atoms with Crippen LogP contribution in [0.5, 0.6) is 0 Å². The average molecular weight is 409 g/mol. The molecule has 148 valence electrons. The highest BCUT2D eigenvalue weighted by Crippen LogP contribution is 2.43. The lowest BCUT2D eigenvalue weighted by molar-refractivity contribution is -0.118. The average Bonchev–Trinajstić information content (AvgIpc) is 3.04. The van der Waals surface area contributed by atoms with Gasteiger partial charge in [0.2, 0.25) is 5.91 Å². The Labute approximate surface area is 166 Å². The van der Waals surface area contributed by atoms with Crippen LogP contribution in [0.4, 0.5) is 5.69 Å².